The van der Waals surface area contributed by atoms with E-state index in [4.69, 9.17) is 5.11 Å². The normalized spacial score (nSPS) is 11.3. The van der Waals surface area contributed by atoms with Crippen molar-refractivity contribution in [2.75, 3.05) is 4.72 Å². The number of aliphatic hydroxyl groups is 1. The average Bonchev–Trinajstić information content (AvgIpc) is 2.41. The minimum absolute atomic E-state index is 0.159. The zero-order chi connectivity index (χ0) is 14.6. The van der Waals surface area contributed by atoms with Crippen LogP contribution in [0.5, 0.6) is 0 Å². The van der Waals surface area contributed by atoms with Crippen LogP contribution in [0.3, 0.4) is 0 Å². The van der Waals surface area contributed by atoms with Crippen molar-refractivity contribution in [1.29, 1.82) is 0 Å². The average molecular weight is 295 g/mol. The lowest BCUT2D eigenvalue weighted by atomic mass is 10.2. The van der Waals surface area contributed by atoms with Crippen LogP contribution in [0.25, 0.3) is 0 Å². The van der Waals surface area contributed by atoms with Crippen molar-refractivity contribution in [3.05, 3.63) is 65.5 Å². The molecule has 0 unspecified atom stereocenters. The van der Waals surface area contributed by atoms with Crippen LogP contribution in [-0.2, 0) is 22.4 Å². The summed E-state index contributed by atoms with van der Waals surface area (Å²) in [7, 11) is -3.58. The molecule has 2 aromatic carbocycles. The minimum atomic E-state index is -3.58. The Labute approximate surface area is 116 Å². The lowest BCUT2D eigenvalue weighted by molar-refractivity contribution is 0.282. The number of rotatable bonds is 5. The minimum Gasteiger partial charge on any atom is -0.392 e. The first-order chi connectivity index (χ1) is 9.48. The van der Waals surface area contributed by atoms with Crippen LogP contribution in [0.15, 0.2) is 48.5 Å². The number of nitrogens with one attached hydrogen (secondary N) is 1. The van der Waals surface area contributed by atoms with Crippen LogP contribution in [0.1, 0.15) is 11.1 Å². The predicted octanol–water partition coefficient (Wildman–Crippen LogP) is 2.26. The largest absolute Gasteiger partial charge is 0.392 e. The molecule has 0 aliphatic rings. The SMILES string of the molecule is O=S(=O)(Cc1ccc(F)cc1)Nc1cccc(CO)c1. The fourth-order valence-electron chi connectivity index (χ4n) is 1.75. The lowest BCUT2D eigenvalue weighted by Crippen LogP contribution is -2.15. The van der Waals surface area contributed by atoms with Gasteiger partial charge in [0.2, 0.25) is 10.0 Å². The summed E-state index contributed by atoms with van der Waals surface area (Å²) in [5.41, 5.74) is 1.50. The van der Waals surface area contributed by atoms with Crippen LogP contribution >= 0.6 is 0 Å². The number of hydrogen-bond donors (Lipinski definition) is 2. The molecule has 106 valence electrons. The number of sulfonamides is 1. The van der Waals surface area contributed by atoms with Gasteiger partial charge in [-0.1, -0.05) is 24.3 Å². The van der Waals surface area contributed by atoms with Crippen molar-refractivity contribution in [1.82, 2.24) is 0 Å². The standard InChI is InChI=1S/C14H14FNO3S/c15-13-6-4-11(5-7-13)10-20(18,19)16-14-3-1-2-12(8-14)9-17/h1-8,16-17H,9-10H2. The summed E-state index contributed by atoms with van der Waals surface area (Å²) in [6.45, 7) is -0.159. The van der Waals surface area contributed by atoms with Gasteiger partial charge in [0.1, 0.15) is 5.82 Å². The number of hydrogen-bond acceptors (Lipinski definition) is 3. The zero-order valence-corrected chi connectivity index (χ0v) is 11.4. The molecule has 0 spiro atoms. The lowest BCUT2D eigenvalue weighted by Gasteiger charge is -2.09. The Morgan fingerprint density at radius 1 is 1.05 bits per heavy atom. The highest BCUT2D eigenvalue weighted by molar-refractivity contribution is 7.91. The van der Waals surface area contributed by atoms with Crippen molar-refractivity contribution >= 4 is 15.7 Å². The second-order valence-electron chi connectivity index (χ2n) is 4.35. The van der Waals surface area contributed by atoms with Gasteiger partial charge in [0.15, 0.2) is 0 Å². The van der Waals surface area contributed by atoms with Gasteiger partial charge in [0.05, 0.1) is 12.4 Å². The van der Waals surface area contributed by atoms with E-state index >= 15 is 0 Å². The monoisotopic (exact) mass is 295 g/mol. The van der Waals surface area contributed by atoms with E-state index in [1.54, 1.807) is 24.3 Å². The summed E-state index contributed by atoms with van der Waals surface area (Å²) < 4.78 is 39.2. The van der Waals surface area contributed by atoms with Gasteiger partial charge in [-0.05, 0) is 35.4 Å². The van der Waals surface area contributed by atoms with E-state index < -0.39 is 15.8 Å². The molecule has 20 heavy (non-hydrogen) atoms. The second kappa shape index (κ2) is 6.02. The molecule has 2 aromatic rings. The van der Waals surface area contributed by atoms with Crippen molar-refractivity contribution in [3.63, 3.8) is 0 Å². The third-order valence-electron chi connectivity index (χ3n) is 2.65. The van der Waals surface area contributed by atoms with Crippen molar-refractivity contribution in [3.8, 4) is 0 Å². The Kier molecular flexibility index (Phi) is 4.36. The molecule has 0 aromatic heterocycles. The smallest absolute Gasteiger partial charge is 0.236 e. The molecule has 0 heterocycles. The molecular formula is C14H14FNO3S. The molecular weight excluding hydrogens is 281 g/mol. The van der Waals surface area contributed by atoms with Gasteiger partial charge in [-0.15, -0.1) is 0 Å². The van der Waals surface area contributed by atoms with Crippen LogP contribution in [-0.4, -0.2) is 13.5 Å². The van der Waals surface area contributed by atoms with E-state index in [1.165, 1.54) is 24.3 Å². The van der Waals surface area contributed by atoms with Crippen molar-refractivity contribution in [2.24, 2.45) is 0 Å². The van der Waals surface area contributed by atoms with Gasteiger partial charge >= 0.3 is 0 Å². The quantitative estimate of drug-likeness (QED) is 0.889. The third-order valence-corrected chi connectivity index (χ3v) is 3.91. The van der Waals surface area contributed by atoms with E-state index in [9.17, 15) is 12.8 Å². The molecule has 2 N–H and O–H groups in total. The van der Waals surface area contributed by atoms with Gasteiger partial charge in [0.25, 0.3) is 0 Å². The summed E-state index contributed by atoms with van der Waals surface area (Å²) in [4.78, 5) is 0. The Hall–Kier alpha value is -1.92. The first-order valence-electron chi connectivity index (χ1n) is 5.93. The molecule has 2 rings (SSSR count). The molecule has 0 radical (unpaired) electrons. The molecule has 0 aliphatic heterocycles. The highest BCUT2D eigenvalue weighted by Crippen LogP contribution is 2.15. The highest BCUT2D eigenvalue weighted by Gasteiger charge is 2.12. The number of aliphatic hydroxyl groups excluding tert-OH is 1. The van der Waals surface area contributed by atoms with Gasteiger partial charge in [-0.3, -0.25) is 4.72 Å². The fraction of sp³-hybridized carbons (Fsp3) is 0.143. The number of benzene rings is 2. The van der Waals surface area contributed by atoms with Gasteiger partial charge in [-0.25, -0.2) is 12.8 Å². The summed E-state index contributed by atoms with van der Waals surface area (Å²) in [6.07, 6.45) is 0. The van der Waals surface area contributed by atoms with Crippen LogP contribution in [0.2, 0.25) is 0 Å². The molecule has 6 heteroatoms. The maximum Gasteiger partial charge on any atom is 0.236 e. The van der Waals surface area contributed by atoms with Gasteiger partial charge in [0, 0.05) is 5.69 Å². The van der Waals surface area contributed by atoms with E-state index in [0.29, 0.717) is 16.8 Å². The topological polar surface area (TPSA) is 66.4 Å². The molecule has 0 bridgehead atoms. The summed E-state index contributed by atoms with van der Waals surface area (Å²) in [6, 6.07) is 11.8. The highest BCUT2D eigenvalue weighted by atomic mass is 32.2. The van der Waals surface area contributed by atoms with Crippen LogP contribution < -0.4 is 4.72 Å². The Bertz CT molecular complexity index is 684. The molecule has 0 atom stereocenters. The summed E-state index contributed by atoms with van der Waals surface area (Å²) in [5.74, 6) is -0.647. The Morgan fingerprint density at radius 2 is 1.75 bits per heavy atom. The Morgan fingerprint density at radius 3 is 2.40 bits per heavy atom. The van der Waals surface area contributed by atoms with E-state index in [0.717, 1.165) is 0 Å². The van der Waals surface area contributed by atoms with Gasteiger partial charge in [-0.2, -0.15) is 0 Å². The van der Waals surface area contributed by atoms with Crippen LogP contribution in [0.4, 0.5) is 10.1 Å². The summed E-state index contributed by atoms with van der Waals surface area (Å²) >= 11 is 0. The Balaban J connectivity index is 2.12. The number of anilines is 1. The predicted molar refractivity (Wildman–Crippen MR) is 75.0 cm³/mol. The summed E-state index contributed by atoms with van der Waals surface area (Å²) in [5, 5.41) is 9.01. The first-order valence-corrected chi connectivity index (χ1v) is 7.58. The molecule has 0 saturated heterocycles. The van der Waals surface area contributed by atoms with Crippen molar-refractivity contribution < 1.29 is 17.9 Å². The van der Waals surface area contributed by atoms with Crippen LogP contribution in [0, 0.1) is 5.82 Å². The third kappa shape index (κ3) is 4.04. The van der Waals surface area contributed by atoms with Crippen molar-refractivity contribution in [2.45, 2.75) is 12.4 Å². The molecule has 0 saturated carbocycles. The van der Waals surface area contributed by atoms with Gasteiger partial charge < -0.3 is 5.11 Å². The zero-order valence-electron chi connectivity index (χ0n) is 10.6. The van der Waals surface area contributed by atoms with E-state index in [-0.39, 0.29) is 12.4 Å². The first kappa shape index (κ1) is 14.5. The molecule has 0 fully saturated rings. The fourth-order valence-corrected chi connectivity index (χ4v) is 2.94. The molecule has 0 aliphatic carbocycles. The molecule has 0 amide bonds. The van der Waals surface area contributed by atoms with E-state index in [2.05, 4.69) is 4.72 Å². The van der Waals surface area contributed by atoms with E-state index in [1.807, 2.05) is 0 Å². The maximum absolute atomic E-state index is 12.8. The number of halogens is 1. The maximum atomic E-state index is 12.8. The molecule has 4 nitrogen and oxygen atoms in total. The second-order valence-corrected chi connectivity index (χ2v) is 6.07.